The molecule has 2 aromatic rings. The van der Waals surface area contributed by atoms with E-state index < -0.39 is 10.1 Å². The van der Waals surface area contributed by atoms with E-state index in [1.165, 1.54) is 18.3 Å². The third kappa shape index (κ3) is 8.07. The van der Waals surface area contributed by atoms with Crippen LogP contribution < -0.4 is 20.7 Å². The highest BCUT2D eigenvalue weighted by Gasteiger charge is 2.08. The second-order valence-electron chi connectivity index (χ2n) is 5.36. The Balaban J connectivity index is 0.000000326. The van der Waals surface area contributed by atoms with E-state index in [0.717, 1.165) is 15.6 Å². The fourth-order valence-corrected chi connectivity index (χ4v) is 2.76. The van der Waals surface area contributed by atoms with Crippen molar-refractivity contribution in [3.05, 3.63) is 52.0 Å². The Morgan fingerprint density at radius 1 is 1.17 bits per heavy atom. The molecular weight excluding hydrogens is 468 g/mol. The van der Waals surface area contributed by atoms with Gasteiger partial charge in [0.2, 0.25) is 5.96 Å². The van der Waals surface area contributed by atoms with E-state index in [9.17, 15) is 8.42 Å². The van der Waals surface area contributed by atoms with E-state index in [1.54, 1.807) is 44.0 Å². The molecule has 0 unspecified atom stereocenters. The van der Waals surface area contributed by atoms with Crippen molar-refractivity contribution in [1.82, 2.24) is 5.48 Å². The summed E-state index contributed by atoms with van der Waals surface area (Å²) in [4.78, 5) is -0.0666. The van der Waals surface area contributed by atoms with Crippen LogP contribution in [-0.4, -0.2) is 44.6 Å². The second kappa shape index (κ2) is 11.4. The van der Waals surface area contributed by atoms with Gasteiger partial charge in [-0.3, -0.25) is 9.76 Å². The van der Waals surface area contributed by atoms with Crippen LogP contribution in [0.5, 0.6) is 11.5 Å². The summed E-state index contributed by atoms with van der Waals surface area (Å²) >= 11 is 3.36. The smallest absolute Gasteiger partial charge is 0.294 e. The summed E-state index contributed by atoms with van der Waals surface area (Å²) in [6, 6.07) is 9.46. The molecule has 2 aromatic carbocycles. The SMILES string of the molecule is COc1cc(Br)c(/C=N/N=C(\N)NO)cc1OC.Cc1ccc(S(=O)(=O)O)cc1. The Hall–Kier alpha value is -2.67. The van der Waals surface area contributed by atoms with Gasteiger partial charge in [0.15, 0.2) is 11.5 Å². The van der Waals surface area contributed by atoms with Gasteiger partial charge < -0.3 is 15.2 Å². The van der Waals surface area contributed by atoms with Crippen LogP contribution in [0.25, 0.3) is 0 Å². The molecule has 0 heterocycles. The Morgan fingerprint density at radius 2 is 1.72 bits per heavy atom. The molecule has 0 bridgehead atoms. The summed E-state index contributed by atoms with van der Waals surface area (Å²) in [6.07, 6.45) is 1.45. The molecule has 0 saturated heterocycles. The molecule has 0 aliphatic heterocycles. The molecule has 0 fully saturated rings. The highest BCUT2D eigenvalue weighted by Crippen LogP contribution is 2.32. The molecule has 0 atom stereocenters. The summed E-state index contributed by atoms with van der Waals surface area (Å²) in [5.41, 5.74) is 8.54. The van der Waals surface area contributed by atoms with Crippen molar-refractivity contribution in [3.8, 4) is 11.5 Å². The number of ether oxygens (including phenoxy) is 2. The molecule has 12 heteroatoms. The van der Waals surface area contributed by atoms with Crippen LogP contribution in [0.3, 0.4) is 0 Å². The number of nitrogens with two attached hydrogens (primary N) is 1. The number of hydrogen-bond acceptors (Lipinski definition) is 7. The zero-order chi connectivity index (χ0) is 22.0. The first kappa shape index (κ1) is 24.4. The van der Waals surface area contributed by atoms with Crippen LogP contribution in [0.4, 0.5) is 0 Å². The number of nitrogens with zero attached hydrogens (tertiary/aromatic N) is 2. The largest absolute Gasteiger partial charge is 0.493 e. The van der Waals surface area contributed by atoms with Crippen molar-refractivity contribution >= 4 is 38.2 Å². The van der Waals surface area contributed by atoms with Crippen LogP contribution in [0, 0.1) is 6.92 Å². The second-order valence-corrected chi connectivity index (χ2v) is 7.63. The Morgan fingerprint density at radius 3 is 2.21 bits per heavy atom. The number of methoxy groups -OCH3 is 2. The summed E-state index contributed by atoms with van der Waals surface area (Å²) in [5.74, 6) is 0.962. The molecule has 2 rings (SSSR count). The third-order valence-corrected chi connectivity index (χ3v) is 4.85. The molecule has 5 N–H and O–H groups in total. The van der Waals surface area contributed by atoms with Crippen LogP contribution in [0.15, 0.2) is 56.0 Å². The van der Waals surface area contributed by atoms with Gasteiger partial charge in [-0.25, -0.2) is 5.48 Å². The molecule has 10 nitrogen and oxygen atoms in total. The van der Waals surface area contributed by atoms with Crippen LogP contribution in [0.2, 0.25) is 0 Å². The van der Waals surface area contributed by atoms with Gasteiger partial charge in [0.05, 0.1) is 25.3 Å². The molecule has 0 aliphatic rings. The highest BCUT2D eigenvalue weighted by molar-refractivity contribution is 9.10. The van der Waals surface area contributed by atoms with E-state index in [4.69, 9.17) is 25.0 Å². The van der Waals surface area contributed by atoms with Gasteiger partial charge in [-0.15, -0.1) is 5.10 Å². The zero-order valence-electron chi connectivity index (χ0n) is 15.8. The zero-order valence-corrected chi connectivity index (χ0v) is 18.2. The maximum atomic E-state index is 10.5. The first-order chi connectivity index (χ1) is 13.6. The topological polar surface area (TPSA) is 156 Å². The van der Waals surface area contributed by atoms with E-state index in [0.29, 0.717) is 11.5 Å². The maximum Gasteiger partial charge on any atom is 0.294 e. The number of aryl methyl sites for hydroxylation is 1. The molecule has 0 saturated carbocycles. The molecule has 158 valence electrons. The lowest BCUT2D eigenvalue weighted by atomic mass is 10.2. The lowest BCUT2D eigenvalue weighted by molar-refractivity contribution is 0.232. The predicted molar refractivity (Wildman–Crippen MR) is 112 cm³/mol. The Kier molecular flexibility index (Phi) is 9.55. The summed E-state index contributed by atoms with van der Waals surface area (Å²) < 4.78 is 40.6. The summed E-state index contributed by atoms with van der Waals surface area (Å²) in [7, 11) is -0.928. The van der Waals surface area contributed by atoms with Crippen molar-refractivity contribution in [3.63, 3.8) is 0 Å². The average Bonchev–Trinajstić information content (AvgIpc) is 2.68. The normalized spacial score (nSPS) is 11.6. The fraction of sp³-hybridized carbons (Fsp3) is 0.176. The highest BCUT2D eigenvalue weighted by atomic mass is 79.9. The standard InChI is InChI=1S/C10H13BrN4O3.C7H8O3S/c1-17-8-3-6(5-13-14-10(12)15-16)7(11)4-9(8)18-2;1-6-2-4-7(5-3-6)11(8,9)10/h3-5,16H,1-2H3,(H3,12,14,15);2-5H,1H3,(H,8,9,10)/b13-5+;. The number of nitrogens with one attached hydrogen (secondary N) is 1. The van der Waals surface area contributed by atoms with Gasteiger partial charge in [0, 0.05) is 10.0 Å². The van der Waals surface area contributed by atoms with Gasteiger partial charge in [-0.1, -0.05) is 17.7 Å². The number of halogens is 1. The Bertz CT molecular complexity index is 978. The molecule has 0 aliphatic carbocycles. The van der Waals surface area contributed by atoms with Crippen molar-refractivity contribution in [2.45, 2.75) is 11.8 Å². The van der Waals surface area contributed by atoms with Crippen molar-refractivity contribution in [2.75, 3.05) is 14.2 Å². The molecule has 29 heavy (non-hydrogen) atoms. The van der Waals surface area contributed by atoms with Gasteiger partial charge >= 0.3 is 0 Å². The molecular formula is C17H21BrN4O6S. The lowest BCUT2D eigenvalue weighted by Gasteiger charge is -2.09. The van der Waals surface area contributed by atoms with Crippen LogP contribution >= 0.6 is 15.9 Å². The summed E-state index contributed by atoms with van der Waals surface area (Å²) in [5, 5.41) is 15.6. The van der Waals surface area contributed by atoms with Gasteiger partial charge in [0.25, 0.3) is 10.1 Å². The molecule has 0 spiro atoms. The van der Waals surface area contributed by atoms with Crippen molar-refractivity contribution in [1.29, 1.82) is 0 Å². The van der Waals surface area contributed by atoms with Gasteiger partial charge in [-0.05, 0) is 47.1 Å². The minimum Gasteiger partial charge on any atom is -0.493 e. The van der Waals surface area contributed by atoms with Gasteiger partial charge in [0.1, 0.15) is 0 Å². The number of benzene rings is 2. The van der Waals surface area contributed by atoms with Crippen molar-refractivity contribution in [2.24, 2.45) is 15.9 Å². The maximum absolute atomic E-state index is 10.5. The van der Waals surface area contributed by atoms with E-state index in [1.807, 2.05) is 6.92 Å². The monoisotopic (exact) mass is 488 g/mol. The minimum absolute atomic E-state index is 0.0666. The average molecular weight is 489 g/mol. The van der Waals surface area contributed by atoms with E-state index in [2.05, 4.69) is 26.1 Å². The third-order valence-electron chi connectivity index (χ3n) is 3.30. The first-order valence-electron chi connectivity index (χ1n) is 7.84. The fourth-order valence-electron chi connectivity index (χ4n) is 1.85. The quantitative estimate of drug-likeness (QED) is 0.216. The molecule has 0 amide bonds. The van der Waals surface area contributed by atoms with Crippen LogP contribution in [-0.2, 0) is 10.1 Å². The van der Waals surface area contributed by atoms with Crippen molar-refractivity contribution < 1.29 is 27.7 Å². The summed E-state index contributed by atoms with van der Waals surface area (Å²) in [6.45, 7) is 1.84. The molecule has 0 radical (unpaired) electrons. The number of hydroxylamine groups is 1. The number of guanidine groups is 1. The Labute approximate surface area is 176 Å². The van der Waals surface area contributed by atoms with E-state index >= 15 is 0 Å². The molecule has 0 aromatic heterocycles. The minimum atomic E-state index is -4.02. The predicted octanol–water partition coefficient (Wildman–Crippen LogP) is 2.34. The van der Waals surface area contributed by atoms with E-state index in [-0.39, 0.29) is 10.9 Å². The number of rotatable bonds is 5. The van der Waals surface area contributed by atoms with Crippen LogP contribution in [0.1, 0.15) is 11.1 Å². The van der Waals surface area contributed by atoms with Gasteiger partial charge in [-0.2, -0.15) is 13.5 Å². The first-order valence-corrected chi connectivity index (χ1v) is 10.1. The number of hydrogen-bond donors (Lipinski definition) is 4. The lowest BCUT2D eigenvalue weighted by Crippen LogP contribution is -2.27.